The molecule has 7 nitrogen and oxygen atoms in total. The molecule has 2 atom stereocenters. The summed E-state index contributed by atoms with van der Waals surface area (Å²) < 4.78 is 5.85. The van der Waals surface area contributed by atoms with Gasteiger partial charge in [0.05, 0.1) is 17.1 Å². The second-order valence-corrected chi connectivity index (χ2v) is 8.07. The molecule has 0 radical (unpaired) electrons. The number of aliphatic hydroxyl groups excluding tert-OH is 1. The summed E-state index contributed by atoms with van der Waals surface area (Å²) in [4.78, 5) is 43.4. The lowest BCUT2D eigenvalue weighted by Gasteiger charge is -2.34. The Morgan fingerprint density at radius 1 is 1.17 bits per heavy atom. The molecule has 152 valence electrons. The predicted molar refractivity (Wildman–Crippen MR) is 111 cm³/mol. The molecule has 0 saturated heterocycles. The van der Waals surface area contributed by atoms with E-state index >= 15 is 0 Å². The van der Waals surface area contributed by atoms with Gasteiger partial charge < -0.3 is 19.3 Å². The Bertz CT molecular complexity index is 1310. The normalized spacial score (nSPS) is 20.9. The van der Waals surface area contributed by atoms with Crippen LogP contribution in [0.25, 0.3) is 11.0 Å². The van der Waals surface area contributed by atoms with E-state index in [1.165, 1.54) is 28.9 Å². The van der Waals surface area contributed by atoms with Gasteiger partial charge in [0.1, 0.15) is 5.58 Å². The van der Waals surface area contributed by atoms with E-state index in [0.717, 1.165) is 0 Å². The first-order valence-electron chi connectivity index (χ1n) is 9.43. The Morgan fingerprint density at radius 3 is 2.63 bits per heavy atom. The Hall–Kier alpha value is -3.16. The molecule has 0 bridgehead atoms. The number of hydrogen-bond acceptors (Lipinski definition) is 5. The highest BCUT2D eigenvalue weighted by Crippen LogP contribution is 2.52. The minimum absolute atomic E-state index is 0.0373. The monoisotopic (exact) mass is 424 g/mol. The van der Waals surface area contributed by atoms with Crippen molar-refractivity contribution < 1.29 is 19.1 Å². The number of anilines is 1. The first-order valence-corrected chi connectivity index (χ1v) is 9.80. The number of carbonyl (C=O) groups is 2. The number of carbonyl (C=O) groups excluding carboxylic acids is 2. The molecule has 0 fully saturated rings. The second-order valence-electron chi connectivity index (χ2n) is 7.63. The zero-order valence-electron chi connectivity index (χ0n) is 16.2. The lowest BCUT2D eigenvalue weighted by Crippen LogP contribution is -2.54. The fourth-order valence-electron chi connectivity index (χ4n) is 4.58. The lowest BCUT2D eigenvalue weighted by atomic mass is 9.84. The Balaban J connectivity index is 1.95. The van der Waals surface area contributed by atoms with Gasteiger partial charge in [-0.2, -0.15) is 0 Å². The van der Waals surface area contributed by atoms with E-state index < -0.39 is 28.9 Å². The third kappa shape index (κ3) is 2.16. The standard InChI is InChI=1S/C22H17ClN2O5/c1-11(26)10-25-20(28)19-17(18(27)13-9-12(23)7-8-16(13)30-19)22(25)14-5-3-4-6-15(14)24(2)21(22)29/h3-9,11,26H,10H2,1-2H3. The molecule has 30 heavy (non-hydrogen) atoms. The fraction of sp³-hybridized carbons (Fsp3) is 0.227. The number of β-amino-alcohol motifs (C(OH)–C–C–N with tert-alkyl or cyclic N) is 1. The van der Waals surface area contributed by atoms with Crippen LogP contribution in [0.4, 0.5) is 5.69 Å². The molecule has 0 saturated carbocycles. The van der Waals surface area contributed by atoms with Gasteiger partial charge in [0.25, 0.3) is 11.8 Å². The molecular weight excluding hydrogens is 408 g/mol. The molecule has 2 unspecified atom stereocenters. The average Bonchev–Trinajstić information content (AvgIpc) is 3.09. The van der Waals surface area contributed by atoms with Gasteiger partial charge in [-0.25, -0.2) is 0 Å². The van der Waals surface area contributed by atoms with Crippen molar-refractivity contribution in [2.75, 3.05) is 18.5 Å². The van der Waals surface area contributed by atoms with E-state index in [2.05, 4.69) is 0 Å². The topological polar surface area (TPSA) is 91.1 Å². The highest BCUT2D eigenvalue weighted by molar-refractivity contribution is 6.31. The van der Waals surface area contributed by atoms with E-state index in [-0.39, 0.29) is 28.8 Å². The molecule has 2 aliphatic rings. The fourth-order valence-corrected chi connectivity index (χ4v) is 4.75. The van der Waals surface area contributed by atoms with Crippen LogP contribution in [0.2, 0.25) is 5.02 Å². The van der Waals surface area contributed by atoms with Crippen LogP contribution in [0.1, 0.15) is 28.6 Å². The third-order valence-electron chi connectivity index (χ3n) is 5.77. The molecule has 2 aromatic carbocycles. The maximum absolute atomic E-state index is 13.7. The Kier molecular flexibility index (Phi) is 3.87. The summed E-state index contributed by atoms with van der Waals surface area (Å²) in [5, 5.41) is 10.6. The molecule has 1 spiro atoms. The maximum Gasteiger partial charge on any atom is 0.291 e. The van der Waals surface area contributed by atoms with Crippen molar-refractivity contribution in [2.45, 2.75) is 18.6 Å². The van der Waals surface area contributed by atoms with Gasteiger partial charge in [-0.15, -0.1) is 0 Å². The number of rotatable bonds is 2. The van der Waals surface area contributed by atoms with Gasteiger partial charge in [0, 0.05) is 29.9 Å². The molecule has 1 aromatic heterocycles. The van der Waals surface area contributed by atoms with Crippen molar-refractivity contribution in [2.24, 2.45) is 0 Å². The number of aliphatic hydroxyl groups is 1. The molecule has 0 aliphatic carbocycles. The number of hydrogen-bond donors (Lipinski definition) is 1. The molecule has 5 rings (SSSR count). The summed E-state index contributed by atoms with van der Waals surface area (Å²) in [6.45, 7) is 1.37. The molecule has 3 aromatic rings. The first kappa shape index (κ1) is 18.8. The summed E-state index contributed by atoms with van der Waals surface area (Å²) in [6, 6.07) is 11.5. The summed E-state index contributed by atoms with van der Waals surface area (Å²) in [5.74, 6) is -1.25. The van der Waals surface area contributed by atoms with Crippen LogP contribution in [-0.4, -0.2) is 41.5 Å². The van der Waals surface area contributed by atoms with Crippen LogP contribution in [-0.2, 0) is 10.3 Å². The van der Waals surface area contributed by atoms with Crippen molar-refractivity contribution in [1.82, 2.24) is 4.90 Å². The molecule has 2 amide bonds. The maximum atomic E-state index is 13.7. The summed E-state index contributed by atoms with van der Waals surface area (Å²) in [5.41, 5.74) is -0.939. The van der Waals surface area contributed by atoms with Crippen LogP contribution in [0.15, 0.2) is 51.7 Å². The Labute approximate surface area is 176 Å². The van der Waals surface area contributed by atoms with Gasteiger partial charge in [-0.1, -0.05) is 29.8 Å². The van der Waals surface area contributed by atoms with Gasteiger partial charge in [0.15, 0.2) is 11.0 Å². The summed E-state index contributed by atoms with van der Waals surface area (Å²) in [7, 11) is 1.60. The summed E-state index contributed by atoms with van der Waals surface area (Å²) >= 11 is 6.09. The van der Waals surface area contributed by atoms with E-state index in [4.69, 9.17) is 16.0 Å². The zero-order valence-corrected chi connectivity index (χ0v) is 16.9. The first-order chi connectivity index (χ1) is 14.3. The van der Waals surface area contributed by atoms with Gasteiger partial charge >= 0.3 is 0 Å². The van der Waals surface area contributed by atoms with E-state index in [1.54, 1.807) is 37.4 Å². The van der Waals surface area contributed by atoms with Crippen molar-refractivity contribution in [1.29, 1.82) is 0 Å². The quantitative estimate of drug-likeness (QED) is 0.682. The molecule has 2 aliphatic heterocycles. The number of nitrogens with zero attached hydrogens (tertiary/aromatic N) is 2. The average molecular weight is 425 g/mol. The number of halogens is 1. The molecule has 3 heterocycles. The highest BCUT2D eigenvalue weighted by Gasteiger charge is 2.64. The minimum Gasteiger partial charge on any atom is -0.450 e. The van der Waals surface area contributed by atoms with Gasteiger partial charge in [-0.3, -0.25) is 14.4 Å². The minimum atomic E-state index is -1.70. The number of fused-ring (bicyclic) bond motifs is 5. The number of benzene rings is 2. The summed E-state index contributed by atoms with van der Waals surface area (Å²) in [6.07, 6.45) is -0.926. The van der Waals surface area contributed by atoms with Crippen molar-refractivity contribution >= 4 is 40.1 Å². The lowest BCUT2D eigenvalue weighted by molar-refractivity contribution is -0.126. The smallest absolute Gasteiger partial charge is 0.291 e. The van der Waals surface area contributed by atoms with Crippen LogP contribution < -0.4 is 10.3 Å². The van der Waals surface area contributed by atoms with Crippen LogP contribution >= 0.6 is 11.6 Å². The largest absolute Gasteiger partial charge is 0.450 e. The number of amides is 2. The predicted octanol–water partition coefficient (Wildman–Crippen LogP) is 2.50. The molecule has 8 heteroatoms. The SMILES string of the molecule is CC(O)CN1C(=O)c2oc3ccc(Cl)cc3c(=O)c2C12C(=O)N(C)c1ccccc12. The number of likely N-dealkylation sites (N-methyl/N-ethyl adjacent to an activating group) is 1. The third-order valence-corrected chi connectivity index (χ3v) is 6.01. The zero-order chi connectivity index (χ0) is 21.4. The van der Waals surface area contributed by atoms with Gasteiger partial charge in [0.2, 0.25) is 5.76 Å². The second kappa shape index (κ2) is 6.17. The van der Waals surface area contributed by atoms with Crippen LogP contribution in [0, 0.1) is 0 Å². The van der Waals surface area contributed by atoms with Crippen LogP contribution in [0.3, 0.4) is 0 Å². The van der Waals surface area contributed by atoms with E-state index in [9.17, 15) is 19.5 Å². The van der Waals surface area contributed by atoms with E-state index in [1.807, 2.05) is 0 Å². The van der Waals surface area contributed by atoms with Crippen molar-refractivity contribution in [3.05, 3.63) is 74.6 Å². The van der Waals surface area contributed by atoms with E-state index in [0.29, 0.717) is 16.3 Å². The molecular formula is C22H17ClN2O5. The van der Waals surface area contributed by atoms with Gasteiger partial charge in [-0.05, 0) is 31.2 Å². The van der Waals surface area contributed by atoms with Crippen molar-refractivity contribution in [3.63, 3.8) is 0 Å². The number of para-hydroxylation sites is 1. The Morgan fingerprint density at radius 2 is 1.90 bits per heavy atom. The van der Waals surface area contributed by atoms with Crippen LogP contribution in [0.5, 0.6) is 0 Å². The molecule has 1 N–H and O–H groups in total. The van der Waals surface area contributed by atoms with Crippen molar-refractivity contribution in [3.8, 4) is 0 Å². The highest BCUT2D eigenvalue weighted by atomic mass is 35.5.